The first kappa shape index (κ1) is 32.1. The number of likely N-dealkylation sites (tertiary alicyclic amines) is 1. The number of piperidine rings is 2. The third kappa shape index (κ3) is 6.13. The van der Waals surface area contributed by atoms with Crippen molar-refractivity contribution in [2.45, 2.75) is 89.2 Å². The monoisotopic (exact) mass is 655 g/mol. The molecule has 4 aromatic rings. The molecule has 0 radical (unpaired) electrons. The number of hydrogen-bond acceptors (Lipinski definition) is 7. The lowest BCUT2D eigenvalue weighted by Crippen LogP contribution is -2.44. The molecule has 0 bridgehead atoms. The summed E-state index contributed by atoms with van der Waals surface area (Å²) in [7, 11) is 1.75. The highest BCUT2D eigenvalue weighted by Crippen LogP contribution is 2.38. The van der Waals surface area contributed by atoms with E-state index in [0.29, 0.717) is 35.5 Å². The fraction of sp³-hybridized carbons (Fsp3) is 0.528. The maximum absolute atomic E-state index is 13.2. The molecule has 254 valence electrons. The van der Waals surface area contributed by atoms with E-state index in [1.165, 1.54) is 18.4 Å². The molecule has 1 atom stereocenters. The van der Waals surface area contributed by atoms with E-state index in [4.69, 9.17) is 15.5 Å². The lowest BCUT2D eigenvalue weighted by molar-refractivity contribution is -0.135. The molecule has 48 heavy (non-hydrogen) atoms. The number of carbonyl (C=O) groups is 3. The van der Waals surface area contributed by atoms with Gasteiger partial charge in [-0.1, -0.05) is 6.07 Å². The maximum atomic E-state index is 13.2. The average molecular weight is 656 g/mol. The van der Waals surface area contributed by atoms with E-state index in [-0.39, 0.29) is 24.1 Å². The van der Waals surface area contributed by atoms with E-state index in [2.05, 4.69) is 22.3 Å². The minimum Gasteiger partial charge on any atom is -0.490 e. The molecule has 5 heterocycles. The van der Waals surface area contributed by atoms with Crippen molar-refractivity contribution < 1.29 is 19.1 Å². The van der Waals surface area contributed by atoms with Gasteiger partial charge in [0, 0.05) is 44.4 Å². The summed E-state index contributed by atoms with van der Waals surface area (Å²) >= 11 is 0. The second-order valence-corrected chi connectivity index (χ2v) is 14.2. The van der Waals surface area contributed by atoms with Gasteiger partial charge in [0.25, 0.3) is 5.91 Å². The lowest BCUT2D eigenvalue weighted by atomic mass is 9.80. The molecule has 1 aliphatic carbocycles. The first-order chi connectivity index (χ1) is 23.0. The molecule has 7 rings (SSSR count). The molecule has 12 heteroatoms. The van der Waals surface area contributed by atoms with Crippen molar-refractivity contribution in [2.24, 2.45) is 18.7 Å². The third-order valence-electron chi connectivity index (χ3n) is 10.7. The first-order valence-corrected chi connectivity index (χ1v) is 17.3. The quantitative estimate of drug-likeness (QED) is 0.273. The highest BCUT2D eigenvalue weighted by Gasteiger charge is 2.32. The number of carbonyl (C=O) groups excluding carboxylic acids is 3. The van der Waals surface area contributed by atoms with Crippen molar-refractivity contribution in [3.05, 3.63) is 64.0 Å². The number of nitrogens with one attached hydrogen (secondary N) is 1. The smallest absolute Gasteiger partial charge is 0.329 e. The van der Waals surface area contributed by atoms with Crippen molar-refractivity contribution in [1.29, 1.82) is 0 Å². The molecule has 2 saturated heterocycles. The fourth-order valence-electron chi connectivity index (χ4n) is 8.09. The van der Waals surface area contributed by atoms with E-state index in [9.17, 15) is 19.2 Å². The molecular formula is C36H45N7O5. The molecular weight excluding hydrogens is 610 g/mol. The van der Waals surface area contributed by atoms with Crippen molar-refractivity contribution in [3.8, 4) is 5.75 Å². The van der Waals surface area contributed by atoms with Gasteiger partial charge in [-0.15, -0.1) is 0 Å². The molecule has 3 amide bonds. The molecule has 12 nitrogen and oxygen atoms in total. The summed E-state index contributed by atoms with van der Waals surface area (Å²) in [4.78, 5) is 57.0. The minimum atomic E-state index is -0.670. The van der Waals surface area contributed by atoms with Gasteiger partial charge in [-0.25, -0.2) is 9.78 Å². The van der Waals surface area contributed by atoms with Gasteiger partial charge in [0.1, 0.15) is 17.4 Å². The minimum absolute atomic E-state index is 0.0750. The van der Waals surface area contributed by atoms with Crippen LogP contribution in [0.3, 0.4) is 0 Å². The molecule has 0 unspecified atom stereocenters. The topological polar surface area (TPSA) is 146 Å². The fourth-order valence-corrected chi connectivity index (χ4v) is 8.09. The van der Waals surface area contributed by atoms with Crippen LogP contribution in [-0.4, -0.2) is 66.9 Å². The van der Waals surface area contributed by atoms with E-state index in [0.717, 1.165) is 67.7 Å². The predicted octanol–water partition coefficient (Wildman–Crippen LogP) is 4.00. The van der Waals surface area contributed by atoms with Crippen LogP contribution in [0.1, 0.15) is 105 Å². The number of pyridine rings is 1. The maximum Gasteiger partial charge on any atom is 0.329 e. The Bertz CT molecular complexity index is 1940. The van der Waals surface area contributed by atoms with Gasteiger partial charge in [0.2, 0.25) is 11.8 Å². The summed E-state index contributed by atoms with van der Waals surface area (Å²) in [6, 6.07) is 7.34. The first-order valence-electron chi connectivity index (χ1n) is 17.3. The predicted molar refractivity (Wildman–Crippen MR) is 181 cm³/mol. The summed E-state index contributed by atoms with van der Waals surface area (Å²) in [6.07, 6.45) is 10.9. The Morgan fingerprint density at radius 2 is 1.73 bits per heavy atom. The summed E-state index contributed by atoms with van der Waals surface area (Å²) in [5.74, 6) is 0.753. The SMILES string of the molecule is CC(C)Oc1cc2nc(C3CCC(CN4CCC(c5ccc6c(c5)n(C)c(=O)n6[C@@H]5CCC(=O)NC5=O)CC4)CC3)cn2cc1C(N)=O. The molecule has 3 aromatic heterocycles. The van der Waals surface area contributed by atoms with Gasteiger partial charge < -0.3 is 19.8 Å². The van der Waals surface area contributed by atoms with Crippen molar-refractivity contribution in [3.63, 3.8) is 0 Å². The Morgan fingerprint density at radius 1 is 0.979 bits per heavy atom. The van der Waals surface area contributed by atoms with Gasteiger partial charge in [-0.3, -0.25) is 28.8 Å². The summed E-state index contributed by atoms with van der Waals surface area (Å²) in [5.41, 5.74) is 10.4. The number of primary amides is 1. The van der Waals surface area contributed by atoms with Crippen molar-refractivity contribution in [2.75, 3.05) is 19.6 Å². The van der Waals surface area contributed by atoms with Crippen molar-refractivity contribution >= 4 is 34.4 Å². The molecule has 1 saturated carbocycles. The Hall–Kier alpha value is -4.45. The van der Waals surface area contributed by atoms with Crippen LogP contribution < -0.4 is 21.5 Å². The highest BCUT2D eigenvalue weighted by molar-refractivity contribution is 6.00. The number of imide groups is 1. The standard InChI is InChI=1S/C36H45N7O5/c1-21(2)48-31-17-32-38-27(20-42(32)19-26(31)34(37)45)24-6-4-22(5-7-24)18-41-14-12-23(13-15-41)25-8-9-28-30(16-25)40(3)36(47)43(28)29-10-11-33(44)39-35(29)46/h8-9,16-17,19-24,29H,4-7,10-15,18H2,1-3H3,(H2,37,45)(H,39,44,46)/t22?,24?,29-/m1/s1. The molecule has 0 spiro atoms. The molecule has 1 aromatic carbocycles. The van der Waals surface area contributed by atoms with Crippen LogP contribution >= 0.6 is 0 Å². The molecule has 3 fully saturated rings. The normalized spacial score (nSPS) is 22.9. The van der Waals surface area contributed by atoms with Gasteiger partial charge in [-0.05, 0) is 101 Å². The number of amides is 3. The van der Waals surface area contributed by atoms with Crippen LogP contribution in [0.15, 0.2) is 41.5 Å². The van der Waals surface area contributed by atoms with E-state index in [1.807, 2.05) is 36.6 Å². The summed E-state index contributed by atoms with van der Waals surface area (Å²) in [5, 5.41) is 2.38. The zero-order valence-electron chi connectivity index (χ0n) is 28.0. The Morgan fingerprint density at radius 3 is 2.42 bits per heavy atom. The lowest BCUT2D eigenvalue weighted by Gasteiger charge is -2.36. The Kier molecular flexibility index (Phi) is 8.61. The number of fused-ring (bicyclic) bond motifs is 2. The van der Waals surface area contributed by atoms with Gasteiger partial charge in [0.15, 0.2) is 0 Å². The van der Waals surface area contributed by atoms with E-state index < -0.39 is 17.9 Å². The number of aryl methyl sites for hydroxylation is 1. The molecule has 3 N–H and O–H groups in total. The van der Waals surface area contributed by atoms with Gasteiger partial charge >= 0.3 is 5.69 Å². The van der Waals surface area contributed by atoms with E-state index >= 15 is 0 Å². The Labute approximate surface area is 279 Å². The number of imidazole rings is 2. The molecule has 2 aliphatic heterocycles. The van der Waals surface area contributed by atoms with Gasteiger partial charge in [-0.2, -0.15) is 0 Å². The van der Waals surface area contributed by atoms with Crippen LogP contribution in [0, 0.1) is 5.92 Å². The number of aromatic nitrogens is 4. The van der Waals surface area contributed by atoms with Crippen molar-refractivity contribution in [1.82, 2.24) is 28.7 Å². The summed E-state index contributed by atoms with van der Waals surface area (Å²) in [6.45, 7) is 7.06. The number of nitrogens with two attached hydrogens (primary N) is 1. The largest absolute Gasteiger partial charge is 0.490 e. The van der Waals surface area contributed by atoms with E-state index in [1.54, 1.807) is 22.4 Å². The van der Waals surface area contributed by atoms with Crippen LogP contribution in [0.5, 0.6) is 5.75 Å². The zero-order valence-corrected chi connectivity index (χ0v) is 28.0. The van der Waals surface area contributed by atoms with Crippen LogP contribution in [-0.2, 0) is 16.6 Å². The number of nitrogens with zero attached hydrogens (tertiary/aromatic N) is 5. The highest BCUT2D eigenvalue weighted by atomic mass is 16.5. The third-order valence-corrected chi connectivity index (χ3v) is 10.7. The average Bonchev–Trinajstić information content (AvgIpc) is 3.58. The van der Waals surface area contributed by atoms with Crippen LogP contribution in [0.25, 0.3) is 16.7 Å². The number of hydrogen-bond donors (Lipinski definition) is 2. The molecule has 3 aliphatic rings. The Balaban J connectivity index is 0.947. The van der Waals surface area contributed by atoms with Crippen LogP contribution in [0.4, 0.5) is 0 Å². The second-order valence-electron chi connectivity index (χ2n) is 14.2. The van der Waals surface area contributed by atoms with Gasteiger partial charge in [0.05, 0.1) is 28.4 Å². The second kappa shape index (κ2) is 12.9. The zero-order chi connectivity index (χ0) is 33.7. The van der Waals surface area contributed by atoms with Crippen LogP contribution in [0.2, 0.25) is 0 Å². The number of benzene rings is 1. The number of rotatable bonds is 8. The number of ether oxygens (including phenoxy) is 1. The summed E-state index contributed by atoms with van der Waals surface area (Å²) < 4.78 is 10.9.